The van der Waals surface area contributed by atoms with E-state index < -0.39 is 0 Å². The van der Waals surface area contributed by atoms with Crippen molar-refractivity contribution in [3.63, 3.8) is 0 Å². The highest BCUT2D eigenvalue weighted by Crippen LogP contribution is 2.60. The highest BCUT2D eigenvalue weighted by atomic mass is 16.6. The highest BCUT2D eigenvalue weighted by Gasteiger charge is 2.54. The zero-order valence-corrected chi connectivity index (χ0v) is 19.5. The monoisotopic (exact) mass is 460 g/mol. The number of nitrogens with one attached hydrogen (secondary N) is 2. The first-order valence-electron chi connectivity index (χ1n) is 12.6. The third-order valence-corrected chi connectivity index (χ3v) is 8.28. The summed E-state index contributed by atoms with van der Waals surface area (Å²) in [5, 5.41) is 6.18. The zero-order chi connectivity index (χ0) is 23.1. The number of ether oxygens (including phenoxy) is 2. The molecule has 0 aromatic heterocycles. The molecule has 1 aliphatic heterocycles. The second-order valence-corrected chi connectivity index (χ2v) is 10.7. The summed E-state index contributed by atoms with van der Waals surface area (Å²) in [7, 11) is 0. The van der Waals surface area contributed by atoms with Gasteiger partial charge < -0.3 is 20.1 Å². The summed E-state index contributed by atoms with van der Waals surface area (Å²) in [5.41, 5.74) is 2.38. The molecule has 178 valence electrons. The van der Waals surface area contributed by atoms with Gasteiger partial charge in [-0.2, -0.15) is 0 Å². The SMILES string of the molecule is O=C(NCc1cccc2c1OCCO2)c1ccc(CNC(=O)C23CC4CC(CC(C4)C2)C3)cc1. The molecule has 0 spiro atoms. The Labute approximate surface area is 200 Å². The number of rotatable bonds is 6. The van der Waals surface area contributed by atoms with Gasteiger partial charge in [-0.3, -0.25) is 9.59 Å². The Bertz CT molecular complexity index is 1060. The van der Waals surface area contributed by atoms with Gasteiger partial charge >= 0.3 is 0 Å². The minimum atomic E-state index is -0.140. The number of hydrogen-bond donors (Lipinski definition) is 2. The molecular weight excluding hydrogens is 428 g/mol. The van der Waals surface area contributed by atoms with Gasteiger partial charge in [0, 0.05) is 29.6 Å². The lowest BCUT2D eigenvalue weighted by Gasteiger charge is -2.55. The molecule has 2 amide bonds. The maximum Gasteiger partial charge on any atom is 0.251 e. The summed E-state index contributed by atoms with van der Waals surface area (Å²) >= 11 is 0. The summed E-state index contributed by atoms with van der Waals surface area (Å²) in [6.45, 7) is 1.93. The van der Waals surface area contributed by atoms with Gasteiger partial charge in [-0.1, -0.05) is 24.3 Å². The smallest absolute Gasteiger partial charge is 0.251 e. The number of para-hydroxylation sites is 1. The third-order valence-electron chi connectivity index (χ3n) is 8.28. The normalized spacial score (nSPS) is 28.4. The van der Waals surface area contributed by atoms with Crippen LogP contribution in [-0.4, -0.2) is 25.0 Å². The molecule has 4 saturated carbocycles. The van der Waals surface area contributed by atoms with E-state index in [-0.39, 0.29) is 17.2 Å². The molecule has 0 atom stereocenters. The maximum atomic E-state index is 13.2. The van der Waals surface area contributed by atoms with Gasteiger partial charge in [-0.25, -0.2) is 0 Å². The Morgan fingerprint density at radius 1 is 0.824 bits per heavy atom. The summed E-state index contributed by atoms with van der Waals surface area (Å²) < 4.78 is 11.3. The number of fused-ring (bicyclic) bond motifs is 1. The van der Waals surface area contributed by atoms with E-state index in [0.29, 0.717) is 37.6 Å². The van der Waals surface area contributed by atoms with E-state index >= 15 is 0 Å². The number of benzene rings is 2. The van der Waals surface area contributed by atoms with Crippen molar-refractivity contribution in [3.8, 4) is 11.5 Å². The molecule has 4 fully saturated rings. The number of hydrogen-bond acceptors (Lipinski definition) is 4. The first kappa shape index (κ1) is 21.5. The fourth-order valence-corrected chi connectivity index (χ4v) is 7.08. The summed E-state index contributed by atoms with van der Waals surface area (Å²) in [6.07, 6.45) is 7.24. The van der Waals surface area contributed by atoms with Gasteiger partial charge in [0.25, 0.3) is 5.91 Å². The van der Waals surface area contributed by atoms with E-state index in [9.17, 15) is 9.59 Å². The first-order valence-corrected chi connectivity index (χ1v) is 12.6. The molecule has 7 rings (SSSR count). The molecule has 4 aliphatic carbocycles. The van der Waals surface area contributed by atoms with Crippen LogP contribution in [0.25, 0.3) is 0 Å². The average molecular weight is 461 g/mol. The van der Waals surface area contributed by atoms with Crippen LogP contribution in [0.4, 0.5) is 0 Å². The van der Waals surface area contributed by atoms with Crippen LogP contribution in [0.5, 0.6) is 11.5 Å². The standard InChI is InChI=1S/C28H32N2O4/c31-26(29-17-23-2-1-3-24-25(23)34-9-8-33-24)22-6-4-18(5-7-22)16-30-27(32)28-13-19-10-20(14-28)12-21(11-19)15-28/h1-7,19-21H,8-17H2,(H,29,31)(H,30,32). The fraction of sp³-hybridized carbons (Fsp3) is 0.500. The lowest BCUT2D eigenvalue weighted by molar-refractivity contribution is -0.146. The minimum Gasteiger partial charge on any atom is -0.486 e. The van der Waals surface area contributed by atoms with Crippen LogP contribution in [0.2, 0.25) is 0 Å². The van der Waals surface area contributed by atoms with Gasteiger partial charge in [0.15, 0.2) is 11.5 Å². The van der Waals surface area contributed by atoms with Crippen LogP contribution < -0.4 is 20.1 Å². The lowest BCUT2D eigenvalue weighted by atomic mass is 9.49. The molecule has 34 heavy (non-hydrogen) atoms. The Morgan fingerprint density at radius 3 is 2.21 bits per heavy atom. The van der Waals surface area contributed by atoms with Crippen LogP contribution in [0, 0.1) is 23.2 Å². The van der Waals surface area contributed by atoms with Crippen LogP contribution in [0.3, 0.4) is 0 Å². The molecule has 5 aliphatic rings. The molecule has 0 saturated heterocycles. The first-order chi connectivity index (χ1) is 16.6. The van der Waals surface area contributed by atoms with Crippen LogP contribution in [0.1, 0.15) is 60.0 Å². The lowest BCUT2D eigenvalue weighted by Crippen LogP contribution is -2.53. The fourth-order valence-electron chi connectivity index (χ4n) is 7.08. The second kappa shape index (κ2) is 8.64. The van der Waals surface area contributed by atoms with E-state index in [4.69, 9.17) is 9.47 Å². The average Bonchev–Trinajstić information content (AvgIpc) is 2.85. The van der Waals surface area contributed by atoms with E-state index in [2.05, 4.69) is 10.6 Å². The van der Waals surface area contributed by atoms with Gasteiger partial charge in [0.2, 0.25) is 5.91 Å². The summed E-state index contributed by atoms with van der Waals surface area (Å²) in [5.74, 6) is 3.81. The molecule has 2 aromatic carbocycles. The Balaban J connectivity index is 1.03. The number of amides is 2. The maximum absolute atomic E-state index is 13.2. The van der Waals surface area contributed by atoms with Crippen LogP contribution >= 0.6 is 0 Å². The Hall–Kier alpha value is -3.02. The molecule has 6 heteroatoms. The third kappa shape index (κ3) is 4.04. The van der Waals surface area contributed by atoms with Crippen LogP contribution in [0.15, 0.2) is 42.5 Å². The van der Waals surface area contributed by atoms with Crippen molar-refractivity contribution >= 4 is 11.8 Å². The minimum absolute atomic E-state index is 0.125. The van der Waals surface area contributed by atoms with Crippen molar-refractivity contribution in [1.82, 2.24) is 10.6 Å². The Morgan fingerprint density at radius 2 is 1.50 bits per heavy atom. The molecule has 1 heterocycles. The molecule has 0 unspecified atom stereocenters. The molecule has 6 nitrogen and oxygen atoms in total. The summed E-state index contributed by atoms with van der Waals surface area (Å²) in [6, 6.07) is 13.2. The van der Waals surface area contributed by atoms with Crippen molar-refractivity contribution in [3.05, 3.63) is 59.2 Å². The molecule has 2 aromatic rings. The van der Waals surface area contributed by atoms with E-state index in [0.717, 1.165) is 53.9 Å². The van der Waals surface area contributed by atoms with E-state index in [1.165, 1.54) is 19.3 Å². The zero-order valence-electron chi connectivity index (χ0n) is 19.5. The van der Waals surface area contributed by atoms with Gasteiger partial charge in [-0.15, -0.1) is 0 Å². The van der Waals surface area contributed by atoms with Crippen molar-refractivity contribution < 1.29 is 19.1 Å². The highest BCUT2D eigenvalue weighted by molar-refractivity contribution is 5.94. The predicted octanol–water partition coefficient (Wildman–Crippen LogP) is 4.22. The molecular formula is C28H32N2O4. The van der Waals surface area contributed by atoms with Crippen molar-refractivity contribution in [2.75, 3.05) is 13.2 Å². The molecule has 0 radical (unpaired) electrons. The van der Waals surface area contributed by atoms with Crippen molar-refractivity contribution in [2.45, 2.75) is 51.6 Å². The van der Waals surface area contributed by atoms with E-state index in [1.807, 2.05) is 42.5 Å². The van der Waals surface area contributed by atoms with Crippen molar-refractivity contribution in [1.29, 1.82) is 0 Å². The molecule has 2 N–H and O–H groups in total. The van der Waals surface area contributed by atoms with Gasteiger partial charge in [0.1, 0.15) is 13.2 Å². The van der Waals surface area contributed by atoms with Crippen molar-refractivity contribution in [2.24, 2.45) is 23.2 Å². The number of carbonyl (C=O) groups excluding carboxylic acids is 2. The predicted molar refractivity (Wildman–Crippen MR) is 127 cm³/mol. The quantitative estimate of drug-likeness (QED) is 0.677. The topological polar surface area (TPSA) is 76.7 Å². The Kier molecular flexibility index (Phi) is 5.47. The van der Waals surface area contributed by atoms with Gasteiger partial charge in [-0.05, 0) is 80.0 Å². The number of carbonyl (C=O) groups is 2. The van der Waals surface area contributed by atoms with Gasteiger partial charge in [0.05, 0.1) is 0 Å². The molecule has 4 bridgehead atoms. The largest absolute Gasteiger partial charge is 0.486 e. The second-order valence-electron chi connectivity index (χ2n) is 10.7. The van der Waals surface area contributed by atoms with E-state index in [1.54, 1.807) is 0 Å². The van der Waals surface area contributed by atoms with Crippen LogP contribution in [-0.2, 0) is 17.9 Å². The summed E-state index contributed by atoms with van der Waals surface area (Å²) in [4.78, 5) is 25.8.